The summed E-state index contributed by atoms with van der Waals surface area (Å²) in [7, 11) is -3.43. The number of rotatable bonds is 2. The number of nitrogens with zero attached hydrogens (tertiary/aromatic N) is 1. The van der Waals surface area contributed by atoms with Crippen molar-refractivity contribution in [2.24, 2.45) is 0 Å². The standard InChI is InChI=1S/C14H15NO3S2/c1-10-2-5-14(19-10)20(17,18)15-7-6-11-3-4-13(16)8-12(11)9-15/h2-5,8,16H,6-7,9H2,1H3. The molecule has 4 nitrogen and oxygen atoms in total. The first-order valence-electron chi connectivity index (χ1n) is 6.34. The number of fused-ring (bicyclic) bond motifs is 1. The Labute approximate surface area is 122 Å². The molecule has 0 aliphatic carbocycles. The summed E-state index contributed by atoms with van der Waals surface area (Å²) >= 11 is 1.29. The molecule has 6 heteroatoms. The van der Waals surface area contributed by atoms with E-state index in [4.69, 9.17) is 0 Å². The van der Waals surface area contributed by atoms with Crippen molar-refractivity contribution in [3.05, 3.63) is 46.3 Å². The van der Waals surface area contributed by atoms with E-state index in [0.717, 1.165) is 16.0 Å². The van der Waals surface area contributed by atoms with Gasteiger partial charge in [0.05, 0.1) is 0 Å². The van der Waals surface area contributed by atoms with Crippen LogP contribution in [0.1, 0.15) is 16.0 Å². The van der Waals surface area contributed by atoms with Gasteiger partial charge in [0.15, 0.2) is 0 Å². The number of thiophene rings is 1. The van der Waals surface area contributed by atoms with Crippen LogP contribution in [0.15, 0.2) is 34.5 Å². The van der Waals surface area contributed by atoms with Crippen molar-refractivity contribution in [2.75, 3.05) is 6.54 Å². The Morgan fingerprint density at radius 3 is 2.70 bits per heavy atom. The number of phenolic OH excluding ortho intramolecular Hbond substituents is 1. The molecule has 0 amide bonds. The second kappa shape index (κ2) is 4.87. The van der Waals surface area contributed by atoms with Crippen LogP contribution < -0.4 is 0 Å². The molecule has 2 heterocycles. The van der Waals surface area contributed by atoms with Gasteiger partial charge < -0.3 is 5.11 Å². The first-order valence-corrected chi connectivity index (χ1v) is 8.60. The predicted octanol–water partition coefficient (Wildman–Crippen LogP) is 2.51. The molecule has 0 saturated carbocycles. The van der Waals surface area contributed by atoms with Gasteiger partial charge in [0, 0.05) is 18.0 Å². The van der Waals surface area contributed by atoms with Crippen molar-refractivity contribution >= 4 is 21.4 Å². The molecule has 1 N–H and O–H groups in total. The summed E-state index contributed by atoms with van der Waals surface area (Å²) in [6.45, 7) is 2.70. The van der Waals surface area contributed by atoms with Crippen LogP contribution in [0.5, 0.6) is 5.75 Å². The zero-order valence-electron chi connectivity index (χ0n) is 11.0. The maximum Gasteiger partial charge on any atom is 0.252 e. The highest BCUT2D eigenvalue weighted by molar-refractivity contribution is 7.91. The van der Waals surface area contributed by atoms with E-state index in [1.54, 1.807) is 18.2 Å². The Hall–Kier alpha value is -1.37. The van der Waals surface area contributed by atoms with Crippen LogP contribution in [-0.4, -0.2) is 24.4 Å². The lowest BCUT2D eigenvalue weighted by Crippen LogP contribution is -2.35. The SMILES string of the molecule is Cc1ccc(S(=O)(=O)N2CCc3ccc(O)cc3C2)s1. The zero-order valence-corrected chi connectivity index (χ0v) is 12.7. The second-order valence-corrected chi connectivity index (χ2v) is 8.36. The van der Waals surface area contributed by atoms with Crippen molar-refractivity contribution in [2.45, 2.75) is 24.1 Å². The third-order valence-electron chi connectivity index (χ3n) is 3.48. The molecule has 2 aromatic rings. The monoisotopic (exact) mass is 309 g/mol. The van der Waals surface area contributed by atoms with Gasteiger partial charge in [-0.15, -0.1) is 11.3 Å². The van der Waals surface area contributed by atoms with Gasteiger partial charge in [-0.1, -0.05) is 6.07 Å². The molecule has 0 saturated heterocycles. The van der Waals surface area contributed by atoms with Crippen LogP contribution in [0.4, 0.5) is 0 Å². The summed E-state index contributed by atoms with van der Waals surface area (Å²) in [5.41, 5.74) is 1.99. The van der Waals surface area contributed by atoms with E-state index < -0.39 is 10.0 Å². The highest BCUT2D eigenvalue weighted by Gasteiger charge is 2.29. The number of hydrogen-bond donors (Lipinski definition) is 1. The maximum atomic E-state index is 12.6. The number of sulfonamides is 1. The van der Waals surface area contributed by atoms with E-state index >= 15 is 0 Å². The second-order valence-electron chi connectivity index (χ2n) is 4.91. The van der Waals surface area contributed by atoms with E-state index in [9.17, 15) is 13.5 Å². The maximum absolute atomic E-state index is 12.6. The Morgan fingerprint density at radius 2 is 2.00 bits per heavy atom. The largest absolute Gasteiger partial charge is 0.508 e. The molecule has 0 atom stereocenters. The minimum Gasteiger partial charge on any atom is -0.508 e. The molecule has 3 rings (SSSR count). The van der Waals surface area contributed by atoms with Gasteiger partial charge >= 0.3 is 0 Å². The van der Waals surface area contributed by atoms with Gasteiger partial charge in [0.25, 0.3) is 10.0 Å². The van der Waals surface area contributed by atoms with Crippen LogP contribution in [0.2, 0.25) is 0 Å². The highest BCUT2D eigenvalue weighted by atomic mass is 32.2. The summed E-state index contributed by atoms with van der Waals surface area (Å²) in [6.07, 6.45) is 0.680. The fourth-order valence-corrected chi connectivity index (χ4v) is 5.26. The van der Waals surface area contributed by atoms with E-state index in [-0.39, 0.29) is 5.75 Å². The molecule has 1 aliphatic rings. The molecule has 106 valence electrons. The summed E-state index contributed by atoms with van der Waals surface area (Å²) in [5.74, 6) is 0.176. The number of benzene rings is 1. The molecule has 1 aromatic heterocycles. The van der Waals surface area contributed by atoms with Gasteiger partial charge in [-0.3, -0.25) is 0 Å². The Bertz CT molecular complexity index is 750. The lowest BCUT2D eigenvalue weighted by Gasteiger charge is -2.27. The predicted molar refractivity (Wildman–Crippen MR) is 78.5 cm³/mol. The smallest absolute Gasteiger partial charge is 0.252 e. The van der Waals surface area contributed by atoms with Gasteiger partial charge in [-0.05, 0) is 48.7 Å². The minimum atomic E-state index is -3.43. The quantitative estimate of drug-likeness (QED) is 0.927. The first-order chi connectivity index (χ1) is 9.46. The summed E-state index contributed by atoms with van der Waals surface area (Å²) in [6, 6.07) is 8.64. The van der Waals surface area contributed by atoms with Crippen molar-refractivity contribution in [3.63, 3.8) is 0 Å². The Balaban J connectivity index is 1.93. The average molecular weight is 309 g/mol. The molecule has 0 bridgehead atoms. The lowest BCUT2D eigenvalue weighted by molar-refractivity contribution is 0.390. The topological polar surface area (TPSA) is 57.6 Å². The average Bonchev–Trinajstić information content (AvgIpc) is 2.85. The molecule has 0 radical (unpaired) electrons. The van der Waals surface area contributed by atoms with Crippen molar-refractivity contribution in [3.8, 4) is 5.75 Å². The molecule has 0 spiro atoms. The van der Waals surface area contributed by atoms with Crippen molar-refractivity contribution in [1.82, 2.24) is 4.31 Å². The fourth-order valence-electron chi connectivity index (χ4n) is 2.40. The Morgan fingerprint density at radius 1 is 1.20 bits per heavy atom. The van der Waals surface area contributed by atoms with Gasteiger partial charge in [-0.2, -0.15) is 4.31 Å². The summed E-state index contributed by atoms with van der Waals surface area (Å²) in [5, 5.41) is 9.53. The minimum absolute atomic E-state index is 0.176. The van der Waals surface area contributed by atoms with Gasteiger partial charge in [-0.25, -0.2) is 8.42 Å². The van der Waals surface area contributed by atoms with E-state index in [2.05, 4.69) is 0 Å². The number of hydrogen-bond acceptors (Lipinski definition) is 4. The number of aromatic hydroxyl groups is 1. The molecule has 1 aliphatic heterocycles. The van der Waals surface area contributed by atoms with E-state index in [1.807, 2.05) is 19.1 Å². The molecular weight excluding hydrogens is 294 g/mol. The van der Waals surface area contributed by atoms with Crippen molar-refractivity contribution < 1.29 is 13.5 Å². The van der Waals surface area contributed by atoms with Crippen LogP contribution in [0, 0.1) is 6.92 Å². The molecular formula is C14H15NO3S2. The van der Waals surface area contributed by atoms with Crippen LogP contribution >= 0.6 is 11.3 Å². The normalized spacial score (nSPS) is 16.1. The fraction of sp³-hybridized carbons (Fsp3) is 0.286. The van der Waals surface area contributed by atoms with E-state index in [1.165, 1.54) is 15.6 Å². The number of aryl methyl sites for hydroxylation is 1. The molecule has 0 unspecified atom stereocenters. The summed E-state index contributed by atoms with van der Waals surface area (Å²) < 4.78 is 27.0. The molecule has 20 heavy (non-hydrogen) atoms. The highest BCUT2D eigenvalue weighted by Crippen LogP contribution is 2.30. The lowest BCUT2D eigenvalue weighted by atomic mass is 10.0. The van der Waals surface area contributed by atoms with Gasteiger partial charge in [0.1, 0.15) is 9.96 Å². The third kappa shape index (κ3) is 2.34. The van der Waals surface area contributed by atoms with Crippen LogP contribution in [-0.2, 0) is 23.0 Å². The van der Waals surface area contributed by atoms with E-state index in [0.29, 0.717) is 23.7 Å². The zero-order chi connectivity index (χ0) is 14.3. The van der Waals surface area contributed by atoms with Gasteiger partial charge in [0.2, 0.25) is 0 Å². The van der Waals surface area contributed by atoms with Crippen LogP contribution in [0.25, 0.3) is 0 Å². The molecule has 1 aromatic carbocycles. The summed E-state index contributed by atoms with van der Waals surface area (Å²) in [4.78, 5) is 0.985. The Kier molecular flexibility index (Phi) is 3.32. The first kappa shape index (κ1) is 13.6. The number of phenols is 1. The van der Waals surface area contributed by atoms with Crippen LogP contribution in [0.3, 0.4) is 0 Å². The molecule has 0 fully saturated rings. The third-order valence-corrected chi connectivity index (χ3v) is 6.79. The van der Waals surface area contributed by atoms with Crippen molar-refractivity contribution in [1.29, 1.82) is 0 Å².